The van der Waals surface area contributed by atoms with Gasteiger partial charge < -0.3 is 4.74 Å². The summed E-state index contributed by atoms with van der Waals surface area (Å²) in [5, 5.41) is 0. The standard InChI is InChI=1S/C19H26O3/c1-17-8-9-19-15(14(17)4-5-16(17)21)3-2-12-10-13(20)6-7-18(12,19)11-22-19/h12,14-15H,2-11H2,1H3/t12?,14-,15-,17-,18+,19+/m0/s1. The summed E-state index contributed by atoms with van der Waals surface area (Å²) in [5.41, 5.74) is 0.218. The fourth-order valence-electron chi connectivity index (χ4n) is 7.34. The third-order valence-electron chi connectivity index (χ3n) is 8.60. The number of ether oxygens (including phenoxy) is 1. The summed E-state index contributed by atoms with van der Waals surface area (Å²) in [6, 6.07) is 0. The Kier molecular flexibility index (Phi) is 2.51. The summed E-state index contributed by atoms with van der Waals surface area (Å²) in [5.74, 6) is 2.62. The highest BCUT2D eigenvalue weighted by Gasteiger charge is 2.74. The highest BCUT2D eigenvalue weighted by molar-refractivity contribution is 5.87. The van der Waals surface area contributed by atoms with Crippen molar-refractivity contribution in [2.45, 2.75) is 70.3 Å². The Bertz CT molecular complexity index is 569. The maximum atomic E-state index is 12.4. The van der Waals surface area contributed by atoms with Crippen molar-refractivity contribution < 1.29 is 14.3 Å². The molecule has 5 fully saturated rings. The van der Waals surface area contributed by atoms with Gasteiger partial charge in [-0.2, -0.15) is 0 Å². The molecule has 2 spiro atoms. The number of fused-ring (bicyclic) bond motifs is 2. The van der Waals surface area contributed by atoms with Crippen molar-refractivity contribution in [1.29, 1.82) is 0 Å². The van der Waals surface area contributed by atoms with Crippen LogP contribution in [0, 0.1) is 28.6 Å². The molecule has 0 amide bonds. The Balaban J connectivity index is 1.55. The minimum atomic E-state index is -0.0760. The van der Waals surface area contributed by atoms with E-state index in [1.54, 1.807) is 0 Å². The van der Waals surface area contributed by atoms with E-state index in [0.29, 0.717) is 29.3 Å². The zero-order valence-corrected chi connectivity index (χ0v) is 13.5. The number of rotatable bonds is 0. The molecule has 120 valence electrons. The molecular weight excluding hydrogens is 276 g/mol. The average molecular weight is 302 g/mol. The molecule has 1 heterocycles. The first kappa shape index (κ1) is 13.7. The van der Waals surface area contributed by atoms with Gasteiger partial charge in [0.05, 0.1) is 12.2 Å². The Morgan fingerprint density at radius 2 is 1.86 bits per heavy atom. The summed E-state index contributed by atoms with van der Waals surface area (Å²) in [6.07, 6.45) is 8.87. The topological polar surface area (TPSA) is 43.4 Å². The van der Waals surface area contributed by atoms with Gasteiger partial charge in [0.25, 0.3) is 0 Å². The summed E-state index contributed by atoms with van der Waals surface area (Å²) in [4.78, 5) is 24.4. The van der Waals surface area contributed by atoms with E-state index in [4.69, 9.17) is 4.74 Å². The average Bonchev–Trinajstić information content (AvgIpc) is 2.79. The zero-order chi connectivity index (χ0) is 15.2. The first-order chi connectivity index (χ1) is 10.5. The molecule has 5 rings (SSSR count). The Labute approximate surface area is 132 Å². The van der Waals surface area contributed by atoms with E-state index in [9.17, 15) is 9.59 Å². The van der Waals surface area contributed by atoms with Crippen LogP contribution in [0.2, 0.25) is 0 Å². The van der Waals surface area contributed by atoms with Crippen molar-refractivity contribution in [3.63, 3.8) is 0 Å². The van der Waals surface area contributed by atoms with E-state index in [-0.39, 0.29) is 16.4 Å². The lowest BCUT2D eigenvalue weighted by molar-refractivity contribution is -0.358. The predicted octanol–water partition coefficient (Wildman–Crippen LogP) is 3.30. The number of hydrogen-bond acceptors (Lipinski definition) is 3. The van der Waals surface area contributed by atoms with Crippen molar-refractivity contribution in [2.24, 2.45) is 28.6 Å². The van der Waals surface area contributed by atoms with Crippen LogP contribution in [0.4, 0.5) is 0 Å². The van der Waals surface area contributed by atoms with Gasteiger partial charge in [-0.3, -0.25) is 9.59 Å². The molecule has 0 aromatic heterocycles. The fraction of sp³-hybridized carbons (Fsp3) is 0.895. The van der Waals surface area contributed by atoms with Crippen LogP contribution in [0.3, 0.4) is 0 Å². The highest BCUT2D eigenvalue weighted by Crippen LogP contribution is 2.72. The molecule has 0 bridgehead atoms. The van der Waals surface area contributed by atoms with Crippen LogP contribution in [0.5, 0.6) is 0 Å². The second-order valence-electron chi connectivity index (χ2n) is 8.94. The van der Waals surface area contributed by atoms with Gasteiger partial charge in [-0.05, 0) is 56.3 Å². The number of hydrogen-bond donors (Lipinski definition) is 0. The number of carbonyl (C=O) groups is 2. The van der Waals surface area contributed by atoms with Crippen molar-refractivity contribution >= 4 is 11.6 Å². The second-order valence-corrected chi connectivity index (χ2v) is 8.94. The van der Waals surface area contributed by atoms with E-state index in [0.717, 1.165) is 51.6 Å². The summed E-state index contributed by atoms with van der Waals surface area (Å²) < 4.78 is 6.39. The Morgan fingerprint density at radius 3 is 2.64 bits per heavy atom. The summed E-state index contributed by atoms with van der Waals surface area (Å²) in [7, 11) is 0. The van der Waals surface area contributed by atoms with Crippen molar-refractivity contribution in [1.82, 2.24) is 0 Å². The van der Waals surface area contributed by atoms with Gasteiger partial charge in [0.2, 0.25) is 0 Å². The first-order valence-electron chi connectivity index (χ1n) is 9.21. The molecule has 0 N–H and O–H groups in total. The van der Waals surface area contributed by atoms with E-state index in [1.165, 1.54) is 12.8 Å². The number of carbonyl (C=O) groups excluding carboxylic acids is 2. The molecule has 4 saturated carbocycles. The molecule has 6 atom stereocenters. The third-order valence-corrected chi connectivity index (χ3v) is 8.60. The maximum absolute atomic E-state index is 12.4. The van der Waals surface area contributed by atoms with Crippen LogP contribution >= 0.6 is 0 Å². The van der Waals surface area contributed by atoms with Gasteiger partial charge in [-0.25, -0.2) is 0 Å². The van der Waals surface area contributed by atoms with Gasteiger partial charge in [0, 0.05) is 30.1 Å². The molecule has 0 radical (unpaired) electrons. The van der Waals surface area contributed by atoms with Crippen LogP contribution < -0.4 is 0 Å². The van der Waals surface area contributed by atoms with Gasteiger partial charge in [0.15, 0.2) is 0 Å². The van der Waals surface area contributed by atoms with Crippen LogP contribution in [0.15, 0.2) is 0 Å². The Morgan fingerprint density at radius 1 is 1.00 bits per heavy atom. The largest absolute Gasteiger partial charge is 0.373 e. The number of Topliss-reactive ketones (excluding diaryl/α,β-unsaturated/α-hetero) is 2. The van der Waals surface area contributed by atoms with Gasteiger partial charge >= 0.3 is 0 Å². The zero-order valence-electron chi connectivity index (χ0n) is 13.5. The fourth-order valence-corrected chi connectivity index (χ4v) is 7.34. The van der Waals surface area contributed by atoms with Crippen molar-refractivity contribution in [2.75, 3.05) is 6.61 Å². The lowest BCUT2D eigenvalue weighted by Crippen LogP contribution is -2.75. The molecule has 5 aliphatic rings. The maximum Gasteiger partial charge on any atom is 0.139 e. The van der Waals surface area contributed by atoms with Crippen LogP contribution in [-0.4, -0.2) is 23.8 Å². The van der Waals surface area contributed by atoms with E-state index in [1.807, 2.05) is 0 Å². The summed E-state index contributed by atoms with van der Waals surface area (Å²) in [6.45, 7) is 3.10. The molecule has 0 aromatic carbocycles. The molecule has 1 aliphatic heterocycles. The van der Waals surface area contributed by atoms with E-state index < -0.39 is 0 Å². The predicted molar refractivity (Wildman–Crippen MR) is 81.3 cm³/mol. The van der Waals surface area contributed by atoms with E-state index >= 15 is 0 Å². The molecule has 4 aliphatic carbocycles. The molecular formula is C19H26O3. The molecule has 0 aromatic rings. The first-order valence-corrected chi connectivity index (χ1v) is 9.21. The second kappa shape index (κ2) is 4.03. The highest BCUT2D eigenvalue weighted by atomic mass is 16.5. The van der Waals surface area contributed by atoms with Gasteiger partial charge in [0.1, 0.15) is 11.6 Å². The molecule has 22 heavy (non-hydrogen) atoms. The van der Waals surface area contributed by atoms with Crippen molar-refractivity contribution in [3.8, 4) is 0 Å². The molecule has 1 unspecified atom stereocenters. The molecule has 3 nitrogen and oxygen atoms in total. The monoisotopic (exact) mass is 302 g/mol. The van der Waals surface area contributed by atoms with Crippen LogP contribution in [0.25, 0.3) is 0 Å². The van der Waals surface area contributed by atoms with Gasteiger partial charge in [-0.15, -0.1) is 0 Å². The molecule has 1 saturated heterocycles. The third kappa shape index (κ3) is 1.31. The van der Waals surface area contributed by atoms with Crippen LogP contribution in [-0.2, 0) is 14.3 Å². The van der Waals surface area contributed by atoms with Crippen molar-refractivity contribution in [3.05, 3.63) is 0 Å². The smallest absolute Gasteiger partial charge is 0.139 e. The minimum Gasteiger partial charge on any atom is -0.373 e. The Hall–Kier alpha value is -0.700. The lowest BCUT2D eigenvalue weighted by atomic mass is 9.40. The summed E-state index contributed by atoms with van der Waals surface area (Å²) >= 11 is 0. The normalized spacial score (nSPS) is 56.5. The van der Waals surface area contributed by atoms with Crippen LogP contribution in [0.1, 0.15) is 64.7 Å². The van der Waals surface area contributed by atoms with Gasteiger partial charge in [-0.1, -0.05) is 6.92 Å². The number of ketones is 2. The lowest BCUT2D eigenvalue weighted by Gasteiger charge is -2.72. The SMILES string of the molecule is C[C@]12CC[C@]34OC[C@@]35CCC(=O)CC5CC[C@H]4[C@@H]1CCC2=O. The van der Waals surface area contributed by atoms with E-state index in [2.05, 4.69) is 6.92 Å². The minimum absolute atomic E-state index is 0.0193. The molecule has 3 heteroatoms. The quantitative estimate of drug-likeness (QED) is 0.689.